The molecule has 0 bridgehead atoms. The molecule has 1 atom stereocenters. The van der Waals surface area contributed by atoms with Gasteiger partial charge < -0.3 is 20.2 Å². The highest BCUT2D eigenvalue weighted by molar-refractivity contribution is 5.74. The summed E-state index contributed by atoms with van der Waals surface area (Å²) in [6.45, 7) is 4.09. The van der Waals surface area contributed by atoms with Crippen LogP contribution in [0, 0.1) is 12.3 Å². The van der Waals surface area contributed by atoms with Gasteiger partial charge in [0.25, 0.3) is 0 Å². The predicted octanol–water partition coefficient (Wildman–Crippen LogP) is 2.59. The topological polar surface area (TPSA) is 91.6 Å². The summed E-state index contributed by atoms with van der Waals surface area (Å²) in [6.07, 6.45) is 2.85. The van der Waals surface area contributed by atoms with Crippen LogP contribution in [0.4, 0.5) is 4.79 Å². The number of carboxylic acids is 1. The van der Waals surface area contributed by atoms with E-state index in [1.54, 1.807) is 0 Å². The quantitative estimate of drug-likeness (QED) is 0.752. The Hall–Kier alpha value is -1.98. The third-order valence-corrected chi connectivity index (χ3v) is 4.10. The Labute approximate surface area is 123 Å². The van der Waals surface area contributed by atoms with Gasteiger partial charge in [-0.2, -0.15) is 0 Å². The molecular weight excluding hydrogens is 272 g/mol. The fourth-order valence-corrected chi connectivity index (χ4v) is 2.69. The molecule has 1 fully saturated rings. The van der Waals surface area contributed by atoms with Gasteiger partial charge in [-0.3, -0.25) is 4.79 Å². The SMILES string of the molecule is Cc1ccc(C(C)NC(=O)NCC2(CC(=O)O)CCC2)o1. The Morgan fingerprint density at radius 3 is 2.62 bits per heavy atom. The molecule has 2 amide bonds. The standard InChI is InChI=1S/C15H22N2O4/c1-10-4-5-12(21-10)11(2)17-14(20)16-9-15(6-3-7-15)8-13(18)19/h4-5,11H,3,6-9H2,1-2H3,(H,18,19)(H2,16,17,20). The van der Waals surface area contributed by atoms with E-state index in [-0.39, 0.29) is 23.9 Å². The molecule has 6 heteroatoms. The first-order valence-electron chi connectivity index (χ1n) is 7.23. The van der Waals surface area contributed by atoms with Gasteiger partial charge in [0.15, 0.2) is 0 Å². The summed E-state index contributed by atoms with van der Waals surface area (Å²) in [5, 5.41) is 14.5. The zero-order chi connectivity index (χ0) is 15.5. The number of urea groups is 1. The van der Waals surface area contributed by atoms with Crippen LogP contribution in [0.25, 0.3) is 0 Å². The van der Waals surface area contributed by atoms with Gasteiger partial charge in [-0.1, -0.05) is 6.42 Å². The van der Waals surface area contributed by atoms with Crippen LogP contribution in [0.1, 0.15) is 50.2 Å². The Bertz CT molecular complexity index is 519. The second-order valence-electron chi connectivity index (χ2n) is 5.92. The number of carbonyl (C=O) groups is 2. The van der Waals surface area contributed by atoms with Crippen molar-refractivity contribution in [1.29, 1.82) is 0 Å². The molecule has 21 heavy (non-hydrogen) atoms. The van der Waals surface area contributed by atoms with E-state index in [2.05, 4.69) is 10.6 Å². The minimum atomic E-state index is -0.809. The monoisotopic (exact) mass is 294 g/mol. The van der Waals surface area contributed by atoms with Gasteiger partial charge in [0, 0.05) is 6.54 Å². The average molecular weight is 294 g/mol. The molecule has 1 aromatic heterocycles. The summed E-state index contributed by atoms with van der Waals surface area (Å²) in [7, 11) is 0. The molecule has 3 N–H and O–H groups in total. The molecular formula is C15H22N2O4. The molecule has 0 spiro atoms. The predicted molar refractivity (Wildman–Crippen MR) is 76.9 cm³/mol. The number of furan rings is 1. The van der Waals surface area contributed by atoms with Gasteiger partial charge in [-0.25, -0.2) is 4.79 Å². The van der Waals surface area contributed by atoms with Gasteiger partial charge in [-0.05, 0) is 44.2 Å². The molecule has 1 aliphatic rings. The summed E-state index contributed by atoms with van der Waals surface area (Å²) in [5.74, 6) is 0.691. The van der Waals surface area contributed by atoms with E-state index in [1.165, 1.54) is 0 Å². The third-order valence-electron chi connectivity index (χ3n) is 4.10. The lowest BCUT2D eigenvalue weighted by atomic mass is 9.66. The largest absolute Gasteiger partial charge is 0.481 e. The average Bonchev–Trinajstić information content (AvgIpc) is 2.79. The van der Waals surface area contributed by atoms with Gasteiger partial charge in [0.1, 0.15) is 11.5 Å². The Balaban J connectivity index is 1.80. The number of aliphatic carboxylic acids is 1. The van der Waals surface area contributed by atoms with E-state index in [0.717, 1.165) is 25.0 Å². The minimum absolute atomic E-state index is 0.111. The van der Waals surface area contributed by atoms with E-state index in [1.807, 2.05) is 26.0 Å². The van der Waals surface area contributed by atoms with Crippen molar-refractivity contribution in [3.8, 4) is 0 Å². The first kappa shape index (κ1) is 15.4. The summed E-state index contributed by atoms with van der Waals surface area (Å²) < 4.78 is 5.46. The van der Waals surface area contributed by atoms with Gasteiger partial charge in [0.2, 0.25) is 0 Å². The van der Waals surface area contributed by atoms with E-state index < -0.39 is 5.97 Å². The molecule has 1 aromatic rings. The van der Waals surface area contributed by atoms with Crippen LogP contribution in [-0.4, -0.2) is 23.7 Å². The van der Waals surface area contributed by atoms with Crippen LogP contribution in [0.15, 0.2) is 16.5 Å². The highest BCUT2D eigenvalue weighted by Crippen LogP contribution is 2.43. The first-order valence-corrected chi connectivity index (χ1v) is 7.23. The fraction of sp³-hybridized carbons (Fsp3) is 0.600. The summed E-state index contributed by atoms with van der Waals surface area (Å²) in [6, 6.07) is 3.16. The normalized spacial score (nSPS) is 17.6. The van der Waals surface area contributed by atoms with E-state index >= 15 is 0 Å². The van der Waals surface area contributed by atoms with Gasteiger partial charge >= 0.3 is 12.0 Å². The second-order valence-corrected chi connectivity index (χ2v) is 5.92. The van der Waals surface area contributed by atoms with Gasteiger partial charge in [0.05, 0.1) is 12.5 Å². The minimum Gasteiger partial charge on any atom is -0.481 e. The number of hydrogen-bond acceptors (Lipinski definition) is 3. The van der Waals surface area contributed by atoms with Crippen LogP contribution in [0.3, 0.4) is 0 Å². The van der Waals surface area contributed by atoms with Crippen molar-refractivity contribution in [1.82, 2.24) is 10.6 Å². The van der Waals surface area contributed by atoms with Crippen LogP contribution < -0.4 is 10.6 Å². The molecule has 0 saturated heterocycles. The zero-order valence-corrected chi connectivity index (χ0v) is 12.4. The van der Waals surface area contributed by atoms with E-state index in [0.29, 0.717) is 12.3 Å². The van der Waals surface area contributed by atoms with Gasteiger partial charge in [-0.15, -0.1) is 0 Å². The summed E-state index contributed by atoms with van der Waals surface area (Å²) >= 11 is 0. The van der Waals surface area contributed by atoms with Crippen molar-refractivity contribution in [2.45, 2.75) is 45.6 Å². The number of nitrogens with one attached hydrogen (secondary N) is 2. The summed E-state index contributed by atoms with van der Waals surface area (Å²) in [4.78, 5) is 22.8. The molecule has 0 radical (unpaired) electrons. The molecule has 2 rings (SSSR count). The lowest BCUT2D eigenvalue weighted by Crippen LogP contribution is -2.47. The van der Waals surface area contributed by atoms with E-state index in [4.69, 9.17) is 9.52 Å². The third kappa shape index (κ3) is 4.00. The Kier molecular flexibility index (Phi) is 4.55. The van der Waals surface area contributed by atoms with Crippen molar-refractivity contribution >= 4 is 12.0 Å². The van der Waals surface area contributed by atoms with Crippen LogP contribution >= 0.6 is 0 Å². The first-order chi connectivity index (χ1) is 9.90. The van der Waals surface area contributed by atoms with Crippen LogP contribution in [0.2, 0.25) is 0 Å². The highest BCUT2D eigenvalue weighted by atomic mass is 16.4. The molecule has 6 nitrogen and oxygen atoms in total. The Morgan fingerprint density at radius 1 is 1.43 bits per heavy atom. The van der Waals surface area contributed by atoms with Crippen molar-refractivity contribution in [3.05, 3.63) is 23.7 Å². The molecule has 1 heterocycles. The number of carbonyl (C=O) groups excluding carboxylic acids is 1. The van der Waals surface area contributed by atoms with Crippen LogP contribution in [-0.2, 0) is 4.79 Å². The molecule has 1 unspecified atom stereocenters. The number of carboxylic acid groups (broad SMARTS) is 1. The molecule has 0 aromatic carbocycles. The highest BCUT2D eigenvalue weighted by Gasteiger charge is 2.39. The van der Waals surface area contributed by atoms with Crippen LogP contribution in [0.5, 0.6) is 0 Å². The zero-order valence-electron chi connectivity index (χ0n) is 12.4. The number of rotatable bonds is 6. The molecule has 1 aliphatic carbocycles. The maximum absolute atomic E-state index is 11.9. The molecule has 1 saturated carbocycles. The maximum Gasteiger partial charge on any atom is 0.315 e. The van der Waals surface area contributed by atoms with E-state index in [9.17, 15) is 9.59 Å². The Morgan fingerprint density at radius 2 is 2.14 bits per heavy atom. The van der Waals surface area contributed by atoms with Crippen molar-refractivity contribution in [2.24, 2.45) is 5.41 Å². The lowest BCUT2D eigenvalue weighted by Gasteiger charge is -2.40. The fourth-order valence-electron chi connectivity index (χ4n) is 2.69. The van der Waals surface area contributed by atoms with Crippen molar-refractivity contribution < 1.29 is 19.1 Å². The second kappa shape index (κ2) is 6.20. The lowest BCUT2D eigenvalue weighted by molar-refractivity contribution is -0.141. The van der Waals surface area contributed by atoms with Crippen molar-refractivity contribution in [3.63, 3.8) is 0 Å². The molecule has 116 valence electrons. The number of hydrogen-bond donors (Lipinski definition) is 3. The van der Waals surface area contributed by atoms with Crippen molar-refractivity contribution in [2.75, 3.05) is 6.54 Å². The molecule has 0 aliphatic heterocycles. The number of aryl methyl sites for hydroxylation is 1. The number of amides is 2. The maximum atomic E-state index is 11.9. The summed E-state index contributed by atoms with van der Waals surface area (Å²) in [5.41, 5.74) is -0.270. The smallest absolute Gasteiger partial charge is 0.315 e.